The predicted octanol–water partition coefficient (Wildman–Crippen LogP) is 17.1. The summed E-state index contributed by atoms with van der Waals surface area (Å²) in [5.74, 6) is 2.31. The topological polar surface area (TPSA) is 131 Å². The van der Waals surface area contributed by atoms with Crippen LogP contribution >= 0.6 is 0 Å². The maximum Gasteiger partial charge on any atom is 0.181 e. The zero-order chi connectivity index (χ0) is 57.6. The first kappa shape index (κ1) is 50.6. The molecule has 0 spiro atoms. The normalized spacial score (nSPS) is 11.4. The lowest BCUT2D eigenvalue weighted by Gasteiger charge is -2.14. The number of hydrogen-bond acceptors (Lipinski definition) is 9. The standard InChI is InChI=1S/C75H48N12/c1-4-13-49(14-5-1)58-19-10-22-64(40-58)85-67-43-76-46-79-70(67)82-73(85)55-31-25-52(26-32-55)61-37-62(53-27-33-56(34-28-53)74-83-71-68(44-77-47-80-71)86(74)65-23-11-20-59(41-65)50-15-6-2-7-16-50)39-63(38-61)54-29-35-57(36-30-54)75-84-72-69(45-78-48-81-72)87(75)66-24-12-21-60(42-66)51-17-8-3-9-18-51/h1-48H. The van der Waals surface area contributed by atoms with Crippen molar-refractivity contribution in [2.75, 3.05) is 0 Å². The second-order valence-corrected chi connectivity index (χ2v) is 21.3. The fraction of sp³-hybridized carbons (Fsp3) is 0. The van der Waals surface area contributed by atoms with Crippen LogP contribution in [-0.2, 0) is 0 Å². The second-order valence-electron chi connectivity index (χ2n) is 21.3. The molecule has 0 atom stereocenters. The quantitative estimate of drug-likeness (QED) is 0.117. The first-order chi connectivity index (χ1) is 43.1. The van der Waals surface area contributed by atoms with Gasteiger partial charge in [-0.2, -0.15) is 0 Å². The zero-order valence-electron chi connectivity index (χ0n) is 46.6. The van der Waals surface area contributed by atoms with E-state index in [0.29, 0.717) is 16.9 Å². The van der Waals surface area contributed by atoms with Crippen LogP contribution in [0, 0.1) is 0 Å². The Kier molecular flexibility index (Phi) is 12.5. The summed E-state index contributed by atoms with van der Waals surface area (Å²) < 4.78 is 6.45. The van der Waals surface area contributed by atoms with E-state index in [1.807, 2.05) is 36.8 Å². The molecule has 0 N–H and O–H groups in total. The number of benzene rings is 10. The minimum atomic E-state index is 0.620. The van der Waals surface area contributed by atoms with E-state index in [-0.39, 0.29) is 0 Å². The van der Waals surface area contributed by atoms with Gasteiger partial charge >= 0.3 is 0 Å². The van der Waals surface area contributed by atoms with Crippen LogP contribution in [0.2, 0.25) is 0 Å². The summed E-state index contributed by atoms with van der Waals surface area (Å²) >= 11 is 0. The molecule has 0 amide bonds. The summed E-state index contributed by atoms with van der Waals surface area (Å²) in [5, 5.41) is 0. The number of fused-ring (bicyclic) bond motifs is 3. The molecule has 0 aliphatic heterocycles. The summed E-state index contributed by atoms with van der Waals surface area (Å²) in [6.45, 7) is 0. The van der Waals surface area contributed by atoms with Crippen LogP contribution in [0.5, 0.6) is 0 Å². The molecule has 6 heterocycles. The highest BCUT2D eigenvalue weighted by Crippen LogP contribution is 2.39. The van der Waals surface area contributed by atoms with Gasteiger partial charge < -0.3 is 0 Å². The van der Waals surface area contributed by atoms with Crippen LogP contribution in [0.25, 0.3) is 151 Å². The Bertz CT molecular complexity index is 4660. The number of rotatable bonds is 12. The van der Waals surface area contributed by atoms with E-state index in [0.717, 1.165) is 135 Å². The van der Waals surface area contributed by atoms with Crippen LogP contribution in [0.1, 0.15) is 0 Å². The van der Waals surface area contributed by atoms with E-state index in [4.69, 9.17) is 15.0 Å². The molecular weight excluding hydrogens is 1070 g/mol. The lowest BCUT2D eigenvalue weighted by atomic mass is 9.92. The summed E-state index contributed by atoms with van der Waals surface area (Å²) in [6, 6.07) is 89.6. The second kappa shape index (κ2) is 21.6. The highest BCUT2D eigenvalue weighted by Gasteiger charge is 2.21. The number of aromatic nitrogens is 12. The molecule has 0 aliphatic rings. The van der Waals surface area contributed by atoms with Crippen molar-refractivity contribution < 1.29 is 0 Å². The highest BCUT2D eigenvalue weighted by atomic mass is 15.1. The van der Waals surface area contributed by atoms with Crippen molar-refractivity contribution in [2.45, 2.75) is 0 Å². The van der Waals surface area contributed by atoms with Gasteiger partial charge in [0.05, 0.1) is 18.6 Å². The predicted molar refractivity (Wildman–Crippen MR) is 346 cm³/mol. The van der Waals surface area contributed by atoms with Crippen molar-refractivity contribution >= 4 is 33.5 Å². The van der Waals surface area contributed by atoms with Gasteiger partial charge in [0, 0.05) is 33.8 Å². The maximum absolute atomic E-state index is 5.12. The molecule has 0 unspecified atom stereocenters. The summed E-state index contributed by atoms with van der Waals surface area (Å²) in [6.07, 6.45) is 10.2. The first-order valence-electron chi connectivity index (χ1n) is 28.6. The Morgan fingerprint density at radius 3 is 0.747 bits per heavy atom. The van der Waals surface area contributed by atoms with Gasteiger partial charge in [-0.1, -0.05) is 200 Å². The molecule has 0 fully saturated rings. The van der Waals surface area contributed by atoms with Crippen LogP contribution < -0.4 is 0 Å². The third-order valence-corrected chi connectivity index (χ3v) is 16.0. The van der Waals surface area contributed by atoms with Crippen molar-refractivity contribution in [3.63, 3.8) is 0 Å². The van der Waals surface area contributed by atoms with Gasteiger partial charge in [0.15, 0.2) is 16.9 Å². The average Bonchev–Trinajstić information content (AvgIpc) is 3.71. The lowest BCUT2D eigenvalue weighted by Crippen LogP contribution is -1.98. The smallest absolute Gasteiger partial charge is 0.181 e. The third-order valence-electron chi connectivity index (χ3n) is 16.0. The van der Waals surface area contributed by atoms with Crippen molar-refractivity contribution in [1.29, 1.82) is 0 Å². The molecule has 12 heteroatoms. The number of nitrogens with zero attached hydrogens (tertiary/aromatic N) is 12. The van der Waals surface area contributed by atoms with Gasteiger partial charge in [-0.3, -0.25) is 13.7 Å². The molecule has 0 saturated heterocycles. The van der Waals surface area contributed by atoms with Gasteiger partial charge in [0.2, 0.25) is 0 Å². The molecule has 0 saturated carbocycles. The van der Waals surface area contributed by atoms with Crippen molar-refractivity contribution in [1.82, 2.24) is 58.6 Å². The molecule has 0 radical (unpaired) electrons. The van der Waals surface area contributed by atoms with Gasteiger partial charge in [-0.15, -0.1) is 0 Å². The van der Waals surface area contributed by atoms with E-state index < -0.39 is 0 Å². The Labute approximate surface area is 499 Å². The average molecular weight is 1120 g/mol. The van der Waals surface area contributed by atoms with E-state index >= 15 is 0 Å². The number of hydrogen-bond donors (Lipinski definition) is 0. The first-order valence-corrected chi connectivity index (χ1v) is 28.6. The van der Waals surface area contributed by atoms with Gasteiger partial charge in [0.25, 0.3) is 0 Å². The molecule has 87 heavy (non-hydrogen) atoms. The number of imidazole rings is 3. The molecular formula is C75H48N12. The summed E-state index contributed by atoms with van der Waals surface area (Å²) in [5.41, 5.74) is 23.0. The summed E-state index contributed by atoms with van der Waals surface area (Å²) in [4.78, 5) is 42.5. The molecule has 12 nitrogen and oxygen atoms in total. The molecule has 10 aromatic carbocycles. The molecule has 16 aromatic rings. The maximum atomic E-state index is 5.12. The zero-order valence-corrected chi connectivity index (χ0v) is 46.6. The Morgan fingerprint density at radius 1 is 0.207 bits per heavy atom. The largest absolute Gasteiger partial charge is 0.289 e. The van der Waals surface area contributed by atoms with Crippen molar-refractivity contribution in [3.8, 4) is 118 Å². The van der Waals surface area contributed by atoms with Crippen molar-refractivity contribution in [3.05, 3.63) is 292 Å². The third kappa shape index (κ3) is 9.45. The molecule has 408 valence electrons. The molecule has 6 aromatic heterocycles. The van der Waals surface area contributed by atoms with E-state index in [1.165, 1.54) is 0 Å². The Balaban J connectivity index is 0.796. The molecule has 0 bridgehead atoms. The monoisotopic (exact) mass is 1120 g/mol. The fourth-order valence-electron chi connectivity index (χ4n) is 11.8. The van der Waals surface area contributed by atoms with E-state index in [2.05, 4.69) is 280 Å². The van der Waals surface area contributed by atoms with Crippen LogP contribution in [-0.4, -0.2) is 58.6 Å². The van der Waals surface area contributed by atoms with Gasteiger partial charge in [-0.05, 0) is 121 Å². The van der Waals surface area contributed by atoms with Crippen LogP contribution in [0.15, 0.2) is 292 Å². The Hall–Kier alpha value is -12.2. The van der Waals surface area contributed by atoms with Gasteiger partial charge in [0.1, 0.15) is 53.0 Å². The fourth-order valence-corrected chi connectivity index (χ4v) is 11.8. The van der Waals surface area contributed by atoms with Crippen LogP contribution in [0.3, 0.4) is 0 Å². The van der Waals surface area contributed by atoms with E-state index in [9.17, 15) is 0 Å². The van der Waals surface area contributed by atoms with E-state index in [1.54, 1.807) is 19.0 Å². The van der Waals surface area contributed by atoms with Crippen molar-refractivity contribution in [2.24, 2.45) is 0 Å². The molecule has 0 aliphatic carbocycles. The SMILES string of the molecule is c1ccc(-c2cccc(-n3c(-c4ccc(-c5cc(-c6ccc(-c7nc8ncncc8n7-c7cccc(-c8ccccc8)c7)cc6)cc(-c6ccc(-c7nc8ncncc8n7-c7cccc(-c8ccccc8)c7)cc6)c5)cc4)nc4ncncc43)c2)cc1. The summed E-state index contributed by atoms with van der Waals surface area (Å²) in [7, 11) is 0. The minimum Gasteiger partial charge on any atom is -0.289 e. The minimum absolute atomic E-state index is 0.620. The van der Waals surface area contributed by atoms with Gasteiger partial charge in [-0.25, -0.2) is 44.9 Å². The Morgan fingerprint density at radius 2 is 0.460 bits per heavy atom. The highest BCUT2D eigenvalue weighted by molar-refractivity contribution is 5.87. The van der Waals surface area contributed by atoms with Crippen LogP contribution in [0.4, 0.5) is 0 Å². The lowest BCUT2D eigenvalue weighted by molar-refractivity contribution is 1.10. The molecule has 16 rings (SSSR count).